The number of nitrogens with one attached hydrogen (secondary N) is 2. The highest BCUT2D eigenvalue weighted by atomic mass is 16.6. The molecule has 0 fully saturated rings. The number of urea groups is 1. The molecule has 2 amide bonds. The lowest BCUT2D eigenvalue weighted by Gasteiger charge is -2.07. The van der Waals surface area contributed by atoms with Gasteiger partial charge in [-0.05, 0) is 12.1 Å². The highest BCUT2D eigenvalue weighted by Gasteiger charge is 2.09. The van der Waals surface area contributed by atoms with Crippen LogP contribution >= 0.6 is 0 Å². The van der Waals surface area contributed by atoms with Crippen LogP contribution in [0.4, 0.5) is 16.2 Å². The smallest absolute Gasteiger partial charge is 0.311 e. The van der Waals surface area contributed by atoms with Gasteiger partial charge < -0.3 is 10.6 Å². The first-order valence-corrected chi connectivity index (χ1v) is 5.33. The number of anilines is 1. The molecule has 1 aromatic rings. The van der Waals surface area contributed by atoms with Crippen LogP contribution in [0.1, 0.15) is 6.42 Å². The summed E-state index contributed by atoms with van der Waals surface area (Å²) in [5.74, 6) is 0. The van der Waals surface area contributed by atoms with E-state index in [0.717, 1.165) is 5.70 Å². The molecule has 0 atom stereocenters. The van der Waals surface area contributed by atoms with Crippen molar-refractivity contribution >= 4 is 17.4 Å². The molecule has 0 aliphatic heterocycles. The Kier molecular flexibility index (Phi) is 3.38. The average Bonchev–Trinajstić information content (AvgIpc) is 2.82. The second kappa shape index (κ2) is 5.13. The Bertz CT molecular complexity index is 549. The van der Waals surface area contributed by atoms with Gasteiger partial charge in [0, 0.05) is 29.9 Å². The number of nitro benzene ring substituents is 1. The summed E-state index contributed by atoms with van der Waals surface area (Å²) in [6, 6.07) is 5.37. The highest BCUT2D eigenvalue weighted by Crippen LogP contribution is 2.17. The van der Waals surface area contributed by atoms with E-state index in [1.807, 2.05) is 12.2 Å². The van der Waals surface area contributed by atoms with Crippen LogP contribution in [0.2, 0.25) is 0 Å². The minimum absolute atomic E-state index is 0.0606. The average molecular weight is 245 g/mol. The van der Waals surface area contributed by atoms with E-state index in [4.69, 9.17) is 0 Å². The molecule has 6 nitrogen and oxygen atoms in total. The van der Waals surface area contributed by atoms with Crippen molar-refractivity contribution in [3.05, 3.63) is 58.3 Å². The zero-order valence-electron chi connectivity index (χ0n) is 9.42. The first-order chi connectivity index (χ1) is 8.65. The van der Waals surface area contributed by atoms with Crippen molar-refractivity contribution in [2.75, 3.05) is 5.32 Å². The van der Waals surface area contributed by atoms with Crippen LogP contribution in [0, 0.1) is 10.1 Å². The molecule has 1 aliphatic carbocycles. The Balaban J connectivity index is 1.98. The fraction of sp³-hybridized carbons (Fsp3) is 0.0833. The van der Waals surface area contributed by atoms with E-state index in [2.05, 4.69) is 10.6 Å². The van der Waals surface area contributed by atoms with Crippen LogP contribution in [-0.2, 0) is 0 Å². The minimum Gasteiger partial charge on any atom is -0.311 e. The molecule has 2 rings (SSSR count). The fourth-order valence-electron chi connectivity index (χ4n) is 1.55. The number of hydrogen-bond acceptors (Lipinski definition) is 3. The molecule has 0 saturated carbocycles. The molecule has 0 saturated heterocycles. The molecule has 1 aromatic carbocycles. The summed E-state index contributed by atoms with van der Waals surface area (Å²) < 4.78 is 0. The zero-order valence-corrected chi connectivity index (χ0v) is 9.42. The van der Waals surface area contributed by atoms with E-state index in [0.29, 0.717) is 12.1 Å². The van der Waals surface area contributed by atoms with Gasteiger partial charge in [-0.15, -0.1) is 0 Å². The number of non-ortho nitro benzene ring substituents is 1. The third kappa shape index (κ3) is 2.94. The Morgan fingerprint density at radius 3 is 2.83 bits per heavy atom. The van der Waals surface area contributed by atoms with E-state index < -0.39 is 11.0 Å². The molecule has 0 aromatic heterocycles. The minimum atomic E-state index is -0.507. The van der Waals surface area contributed by atoms with E-state index in [1.165, 1.54) is 18.2 Å². The van der Waals surface area contributed by atoms with E-state index in [-0.39, 0.29) is 5.69 Å². The predicted octanol–water partition coefficient (Wildman–Crippen LogP) is 2.56. The van der Waals surface area contributed by atoms with Crippen molar-refractivity contribution in [3.8, 4) is 0 Å². The third-order valence-corrected chi connectivity index (χ3v) is 2.36. The Hall–Kier alpha value is -2.63. The second-order valence-corrected chi connectivity index (χ2v) is 3.71. The van der Waals surface area contributed by atoms with Gasteiger partial charge in [0.1, 0.15) is 0 Å². The van der Waals surface area contributed by atoms with E-state index in [9.17, 15) is 14.9 Å². The van der Waals surface area contributed by atoms with Crippen LogP contribution < -0.4 is 10.6 Å². The van der Waals surface area contributed by atoms with Crippen LogP contribution in [0.5, 0.6) is 0 Å². The number of nitrogens with zero attached hydrogens (tertiary/aromatic N) is 1. The Morgan fingerprint density at radius 1 is 1.33 bits per heavy atom. The number of amides is 2. The molecule has 0 spiro atoms. The maximum absolute atomic E-state index is 11.6. The maximum atomic E-state index is 11.6. The first-order valence-electron chi connectivity index (χ1n) is 5.33. The monoisotopic (exact) mass is 245 g/mol. The van der Waals surface area contributed by atoms with Crippen molar-refractivity contribution in [2.45, 2.75) is 6.42 Å². The van der Waals surface area contributed by atoms with Gasteiger partial charge in [0.2, 0.25) is 0 Å². The van der Waals surface area contributed by atoms with Crippen molar-refractivity contribution in [1.29, 1.82) is 0 Å². The van der Waals surface area contributed by atoms with Gasteiger partial charge in [-0.3, -0.25) is 10.1 Å². The van der Waals surface area contributed by atoms with Crippen LogP contribution in [-0.4, -0.2) is 11.0 Å². The van der Waals surface area contributed by atoms with Gasteiger partial charge in [0.25, 0.3) is 5.69 Å². The van der Waals surface area contributed by atoms with E-state index in [1.54, 1.807) is 12.1 Å². The number of benzene rings is 1. The largest absolute Gasteiger partial charge is 0.323 e. The van der Waals surface area contributed by atoms with Gasteiger partial charge in [0.05, 0.1) is 4.92 Å². The lowest BCUT2D eigenvalue weighted by molar-refractivity contribution is -0.384. The number of carbonyl (C=O) groups excluding carboxylic acids is 1. The third-order valence-electron chi connectivity index (χ3n) is 2.36. The van der Waals surface area contributed by atoms with Gasteiger partial charge in [0.15, 0.2) is 0 Å². The molecule has 0 unspecified atom stereocenters. The predicted molar refractivity (Wildman–Crippen MR) is 67.1 cm³/mol. The molecule has 92 valence electrons. The van der Waals surface area contributed by atoms with Gasteiger partial charge >= 0.3 is 6.03 Å². The summed E-state index contributed by atoms with van der Waals surface area (Å²) in [7, 11) is 0. The number of rotatable bonds is 3. The molecule has 0 radical (unpaired) electrons. The molecule has 18 heavy (non-hydrogen) atoms. The highest BCUT2D eigenvalue weighted by molar-refractivity contribution is 5.90. The quantitative estimate of drug-likeness (QED) is 0.634. The number of nitro groups is 1. The molecule has 0 bridgehead atoms. The SMILES string of the molecule is O=C(NC1=CC=CC1)Nc1cccc([N+](=O)[O-])c1. The van der Waals surface area contributed by atoms with Crippen LogP contribution in [0.25, 0.3) is 0 Å². The van der Waals surface area contributed by atoms with Gasteiger partial charge in [-0.1, -0.05) is 18.2 Å². The topological polar surface area (TPSA) is 84.3 Å². The second-order valence-electron chi connectivity index (χ2n) is 3.71. The lowest BCUT2D eigenvalue weighted by Crippen LogP contribution is -2.27. The van der Waals surface area contributed by atoms with Gasteiger partial charge in [-0.2, -0.15) is 0 Å². The van der Waals surface area contributed by atoms with E-state index >= 15 is 0 Å². The van der Waals surface area contributed by atoms with Gasteiger partial charge in [-0.25, -0.2) is 4.79 Å². The molecule has 6 heteroatoms. The van der Waals surface area contributed by atoms with Crippen LogP contribution in [0.15, 0.2) is 48.2 Å². The number of hydrogen-bond donors (Lipinski definition) is 2. The Morgan fingerprint density at radius 2 is 2.17 bits per heavy atom. The molecule has 0 heterocycles. The normalized spacial score (nSPS) is 13.0. The summed E-state index contributed by atoms with van der Waals surface area (Å²) in [6.07, 6.45) is 6.25. The zero-order chi connectivity index (χ0) is 13.0. The number of carbonyl (C=O) groups is 1. The fourth-order valence-corrected chi connectivity index (χ4v) is 1.55. The maximum Gasteiger partial charge on any atom is 0.323 e. The van der Waals surface area contributed by atoms with Crippen molar-refractivity contribution in [3.63, 3.8) is 0 Å². The summed E-state index contributed by atoms with van der Waals surface area (Å²) in [5, 5.41) is 15.8. The van der Waals surface area contributed by atoms with Crippen molar-refractivity contribution in [1.82, 2.24) is 5.32 Å². The standard InChI is InChI=1S/C12H11N3O3/c16-12(13-9-4-1-2-5-9)14-10-6-3-7-11(8-10)15(17)18/h1-4,6-8H,5H2,(H2,13,14,16). The molecule has 2 N–H and O–H groups in total. The Labute approximate surface area is 103 Å². The summed E-state index contributed by atoms with van der Waals surface area (Å²) in [4.78, 5) is 21.7. The summed E-state index contributed by atoms with van der Waals surface area (Å²) in [6.45, 7) is 0. The molecule has 1 aliphatic rings. The van der Waals surface area contributed by atoms with Crippen molar-refractivity contribution < 1.29 is 9.72 Å². The molecular formula is C12H11N3O3. The van der Waals surface area contributed by atoms with Crippen molar-refractivity contribution in [2.24, 2.45) is 0 Å². The first kappa shape index (κ1) is 11.8. The van der Waals surface area contributed by atoms with Crippen LogP contribution in [0.3, 0.4) is 0 Å². The summed E-state index contributed by atoms with van der Waals surface area (Å²) >= 11 is 0. The number of allylic oxidation sites excluding steroid dienone is 3. The molecular weight excluding hydrogens is 234 g/mol. The lowest BCUT2D eigenvalue weighted by atomic mass is 10.3. The summed E-state index contributed by atoms with van der Waals surface area (Å²) in [5.41, 5.74) is 1.11.